The summed E-state index contributed by atoms with van der Waals surface area (Å²) in [6.07, 6.45) is 1.67. The van der Waals surface area contributed by atoms with Crippen molar-refractivity contribution >= 4 is 22.9 Å². The van der Waals surface area contributed by atoms with Crippen LogP contribution < -0.4 is 5.73 Å². The number of hydrogen-bond acceptors (Lipinski definition) is 8. The van der Waals surface area contributed by atoms with Crippen LogP contribution in [0.3, 0.4) is 0 Å². The number of imidazole rings is 1. The Kier molecular flexibility index (Phi) is 7.43. The number of rotatable bonds is 6. The second-order valence-electron chi connectivity index (χ2n) is 10.9. The molecule has 1 fully saturated rings. The molecule has 0 bridgehead atoms. The predicted octanol–water partition coefficient (Wildman–Crippen LogP) is 4.96. The number of fused-ring (bicyclic) bond motifs is 1. The lowest BCUT2D eigenvalue weighted by Gasteiger charge is -2.34. The lowest BCUT2D eigenvalue weighted by molar-refractivity contribution is 0.0622. The Morgan fingerprint density at radius 2 is 1.62 bits per heavy atom. The van der Waals surface area contributed by atoms with Crippen LogP contribution in [0.4, 0.5) is 5.82 Å². The van der Waals surface area contributed by atoms with Gasteiger partial charge in [-0.25, -0.2) is 19.9 Å². The van der Waals surface area contributed by atoms with Gasteiger partial charge in [0.25, 0.3) is 5.91 Å². The maximum Gasteiger partial charge on any atom is 0.272 e. The second-order valence-corrected chi connectivity index (χ2v) is 10.9. The summed E-state index contributed by atoms with van der Waals surface area (Å²) in [7, 11) is 0. The van der Waals surface area contributed by atoms with Gasteiger partial charge in [-0.2, -0.15) is 5.26 Å². The largest absolute Gasteiger partial charge is 0.383 e. The lowest BCUT2D eigenvalue weighted by Crippen LogP contribution is -2.48. The molecule has 220 valence electrons. The first kappa shape index (κ1) is 27.9. The van der Waals surface area contributed by atoms with Crippen LogP contribution >= 0.6 is 0 Å². The number of piperazine rings is 1. The second kappa shape index (κ2) is 12.0. The molecular weight excluding hydrogens is 562 g/mol. The van der Waals surface area contributed by atoms with Gasteiger partial charge in [0.2, 0.25) is 0 Å². The van der Waals surface area contributed by atoms with Gasteiger partial charge in [0.15, 0.2) is 11.5 Å². The Morgan fingerprint density at radius 3 is 2.38 bits per heavy atom. The number of carbonyl (C=O) groups is 1. The first-order chi connectivity index (χ1) is 22.1. The minimum Gasteiger partial charge on any atom is -0.383 e. The zero-order chi connectivity index (χ0) is 30.8. The standard InChI is InChI=1S/C35H29N9O/c36-22-26-8-4-10-31(39-26)35(45)43-20-18-42(19-21-43)23-24-11-13-27(14-12-24)44-33(28-9-5-17-38-32(28)37)41-30-16-15-29(40-34(30)44)25-6-2-1-3-7-25/h1-17H,18-21,23H2,(H2,37,38). The van der Waals surface area contributed by atoms with Crippen LogP contribution in [0.25, 0.3) is 39.5 Å². The number of aromatic nitrogens is 5. The van der Waals surface area contributed by atoms with Crippen LogP contribution in [0.15, 0.2) is 103 Å². The summed E-state index contributed by atoms with van der Waals surface area (Å²) < 4.78 is 2.04. The fourth-order valence-electron chi connectivity index (χ4n) is 5.65. The number of nitrogens with zero attached hydrogens (tertiary/aromatic N) is 8. The van der Waals surface area contributed by atoms with Gasteiger partial charge < -0.3 is 10.6 Å². The summed E-state index contributed by atoms with van der Waals surface area (Å²) in [4.78, 5) is 35.5. The minimum atomic E-state index is -0.141. The van der Waals surface area contributed by atoms with Crippen molar-refractivity contribution in [1.82, 2.24) is 34.3 Å². The molecule has 10 nitrogen and oxygen atoms in total. The summed E-state index contributed by atoms with van der Waals surface area (Å²) in [5.41, 5.74) is 13.1. The number of pyridine rings is 3. The number of anilines is 1. The summed E-state index contributed by atoms with van der Waals surface area (Å²) >= 11 is 0. The highest BCUT2D eigenvalue weighted by Gasteiger charge is 2.24. The van der Waals surface area contributed by atoms with Gasteiger partial charge in [0, 0.05) is 50.2 Å². The number of hydrogen-bond donors (Lipinski definition) is 1. The molecule has 1 amide bonds. The monoisotopic (exact) mass is 591 g/mol. The van der Waals surface area contributed by atoms with Crippen LogP contribution in [0.5, 0.6) is 0 Å². The van der Waals surface area contributed by atoms with Crippen LogP contribution in [-0.4, -0.2) is 66.4 Å². The van der Waals surface area contributed by atoms with E-state index in [0.29, 0.717) is 30.4 Å². The molecule has 0 aliphatic carbocycles. The molecule has 10 heteroatoms. The van der Waals surface area contributed by atoms with E-state index in [4.69, 9.17) is 21.0 Å². The average molecular weight is 592 g/mol. The van der Waals surface area contributed by atoms with E-state index >= 15 is 0 Å². The molecule has 2 aromatic carbocycles. The van der Waals surface area contributed by atoms with Crippen LogP contribution in [0.1, 0.15) is 21.7 Å². The maximum absolute atomic E-state index is 12.9. The van der Waals surface area contributed by atoms with Crippen molar-refractivity contribution in [2.45, 2.75) is 6.54 Å². The third-order valence-electron chi connectivity index (χ3n) is 8.00. The molecule has 0 radical (unpaired) electrons. The van der Waals surface area contributed by atoms with E-state index in [2.05, 4.69) is 39.1 Å². The molecule has 6 aromatic rings. The number of nitriles is 1. The highest BCUT2D eigenvalue weighted by Crippen LogP contribution is 2.32. The summed E-state index contributed by atoms with van der Waals surface area (Å²) in [6.45, 7) is 3.44. The molecule has 0 atom stereocenters. The molecule has 0 spiro atoms. The van der Waals surface area contributed by atoms with Gasteiger partial charge in [0.1, 0.15) is 28.8 Å². The van der Waals surface area contributed by atoms with Crippen molar-refractivity contribution in [2.24, 2.45) is 0 Å². The number of carbonyl (C=O) groups excluding carboxylic acids is 1. The highest BCUT2D eigenvalue weighted by molar-refractivity contribution is 5.92. The Hall–Kier alpha value is -5.92. The highest BCUT2D eigenvalue weighted by atomic mass is 16.2. The fraction of sp³-hybridized carbons (Fsp3) is 0.143. The normalized spacial score (nSPS) is 13.5. The van der Waals surface area contributed by atoms with E-state index in [1.54, 1.807) is 29.3 Å². The number of amides is 1. The number of benzene rings is 2. The molecule has 0 saturated carbocycles. The number of nitrogens with two attached hydrogens (primary N) is 1. The van der Waals surface area contributed by atoms with E-state index in [9.17, 15) is 4.79 Å². The molecule has 7 rings (SSSR count). The molecular formula is C35H29N9O. The van der Waals surface area contributed by atoms with E-state index in [1.165, 1.54) is 0 Å². The van der Waals surface area contributed by atoms with Crippen molar-refractivity contribution in [2.75, 3.05) is 31.9 Å². The van der Waals surface area contributed by atoms with Crippen LogP contribution in [-0.2, 0) is 6.54 Å². The van der Waals surface area contributed by atoms with Gasteiger partial charge in [-0.05, 0) is 54.1 Å². The van der Waals surface area contributed by atoms with Gasteiger partial charge in [-0.3, -0.25) is 14.3 Å². The van der Waals surface area contributed by atoms with E-state index in [1.807, 2.05) is 65.2 Å². The third kappa shape index (κ3) is 5.60. The van der Waals surface area contributed by atoms with Gasteiger partial charge in [-0.1, -0.05) is 48.5 Å². The molecule has 5 heterocycles. The average Bonchev–Trinajstić information content (AvgIpc) is 3.48. The summed E-state index contributed by atoms with van der Waals surface area (Å²) in [6, 6.07) is 33.2. The van der Waals surface area contributed by atoms with Crippen LogP contribution in [0.2, 0.25) is 0 Å². The van der Waals surface area contributed by atoms with Crippen molar-refractivity contribution in [1.29, 1.82) is 5.26 Å². The van der Waals surface area contributed by atoms with E-state index in [0.717, 1.165) is 58.9 Å². The molecule has 2 N–H and O–H groups in total. The lowest BCUT2D eigenvalue weighted by atomic mass is 10.1. The van der Waals surface area contributed by atoms with Crippen molar-refractivity contribution in [3.63, 3.8) is 0 Å². The smallest absolute Gasteiger partial charge is 0.272 e. The quantitative estimate of drug-likeness (QED) is 0.288. The van der Waals surface area contributed by atoms with E-state index in [-0.39, 0.29) is 11.6 Å². The van der Waals surface area contributed by atoms with Crippen molar-refractivity contribution in [3.05, 3.63) is 120 Å². The SMILES string of the molecule is N#Cc1cccc(C(=O)N2CCN(Cc3ccc(-n4c(-c5cccnc5N)nc5ccc(-c6ccccc6)nc54)cc3)CC2)n1. The maximum atomic E-state index is 12.9. The predicted molar refractivity (Wildman–Crippen MR) is 172 cm³/mol. The van der Waals surface area contributed by atoms with Gasteiger partial charge in [0.05, 0.1) is 11.3 Å². The number of nitrogen functional groups attached to an aromatic ring is 1. The molecule has 45 heavy (non-hydrogen) atoms. The first-order valence-corrected chi connectivity index (χ1v) is 14.7. The molecule has 1 aliphatic rings. The Labute approximate surface area is 260 Å². The molecule has 4 aromatic heterocycles. The van der Waals surface area contributed by atoms with E-state index < -0.39 is 0 Å². The van der Waals surface area contributed by atoms with Crippen molar-refractivity contribution in [3.8, 4) is 34.4 Å². The summed E-state index contributed by atoms with van der Waals surface area (Å²) in [5.74, 6) is 0.939. The first-order valence-electron chi connectivity index (χ1n) is 14.7. The summed E-state index contributed by atoms with van der Waals surface area (Å²) in [5, 5.41) is 9.12. The van der Waals surface area contributed by atoms with Gasteiger partial charge >= 0.3 is 0 Å². The zero-order valence-corrected chi connectivity index (χ0v) is 24.4. The molecule has 1 aliphatic heterocycles. The minimum absolute atomic E-state index is 0.141. The molecule has 0 unspecified atom stereocenters. The van der Waals surface area contributed by atoms with Gasteiger partial charge in [-0.15, -0.1) is 0 Å². The molecule has 1 saturated heterocycles. The topological polar surface area (TPSA) is 130 Å². The Bertz CT molecular complexity index is 2040. The third-order valence-corrected chi connectivity index (χ3v) is 8.00. The van der Waals surface area contributed by atoms with Crippen LogP contribution in [0, 0.1) is 11.3 Å². The zero-order valence-electron chi connectivity index (χ0n) is 24.4. The Balaban J connectivity index is 1.13. The van der Waals surface area contributed by atoms with Crippen molar-refractivity contribution < 1.29 is 4.79 Å². The fourth-order valence-corrected chi connectivity index (χ4v) is 5.65. The Morgan fingerprint density at radius 1 is 0.822 bits per heavy atom.